The molecule has 1 aromatic rings. The summed E-state index contributed by atoms with van der Waals surface area (Å²) in [5.41, 5.74) is 2.13. The van der Waals surface area contributed by atoms with Crippen molar-refractivity contribution in [3.05, 3.63) is 35.4 Å². The van der Waals surface area contributed by atoms with Crippen molar-refractivity contribution in [2.24, 2.45) is 5.41 Å². The van der Waals surface area contributed by atoms with E-state index in [1.165, 1.54) is 5.56 Å². The molecule has 0 unspecified atom stereocenters. The molecular weight excluding hydrogens is 348 g/mol. The van der Waals surface area contributed by atoms with Crippen LogP contribution in [0.15, 0.2) is 24.3 Å². The highest BCUT2D eigenvalue weighted by Crippen LogP contribution is 2.41. The summed E-state index contributed by atoms with van der Waals surface area (Å²) in [5.74, 6) is 0.712. The van der Waals surface area contributed by atoms with Crippen molar-refractivity contribution >= 4 is 15.7 Å². The molecule has 0 aromatic heterocycles. The van der Waals surface area contributed by atoms with Gasteiger partial charge in [0, 0.05) is 30.1 Å². The zero-order chi connectivity index (χ0) is 18.9. The fourth-order valence-corrected chi connectivity index (χ4v) is 4.93. The van der Waals surface area contributed by atoms with Crippen LogP contribution in [-0.2, 0) is 9.84 Å². The van der Waals surface area contributed by atoms with Gasteiger partial charge in [-0.15, -0.1) is 0 Å². The summed E-state index contributed by atoms with van der Waals surface area (Å²) >= 11 is 0. The Morgan fingerprint density at radius 3 is 2.54 bits per heavy atom. The number of benzene rings is 1. The average Bonchev–Trinajstić information content (AvgIpc) is 3.34. The van der Waals surface area contributed by atoms with Crippen LogP contribution < -0.4 is 10.6 Å². The summed E-state index contributed by atoms with van der Waals surface area (Å²) in [6, 6.07) is 8.30. The maximum absolute atomic E-state index is 12.5. The lowest BCUT2D eigenvalue weighted by Crippen LogP contribution is -2.40. The van der Waals surface area contributed by atoms with Crippen LogP contribution in [0.2, 0.25) is 0 Å². The highest BCUT2D eigenvalue weighted by molar-refractivity contribution is 7.91. The number of hydrogen-bond donors (Lipinski definition) is 2. The van der Waals surface area contributed by atoms with Crippen molar-refractivity contribution in [1.82, 2.24) is 10.6 Å². The van der Waals surface area contributed by atoms with Crippen LogP contribution >= 0.6 is 0 Å². The second-order valence-corrected chi connectivity index (χ2v) is 11.2. The van der Waals surface area contributed by atoms with Gasteiger partial charge in [0.2, 0.25) is 0 Å². The van der Waals surface area contributed by atoms with E-state index in [-0.39, 0.29) is 28.9 Å². The number of hydrogen-bond acceptors (Lipinski definition) is 4. The van der Waals surface area contributed by atoms with E-state index in [2.05, 4.69) is 37.5 Å². The van der Waals surface area contributed by atoms with Crippen molar-refractivity contribution in [2.75, 3.05) is 18.1 Å². The van der Waals surface area contributed by atoms with Crippen LogP contribution in [0.4, 0.5) is 0 Å². The molecule has 2 fully saturated rings. The fourth-order valence-electron chi connectivity index (χ4n) is 3.44. The van der Waals surface area contributed by atoms with E-state index >= 15 is 0 Å². The predicted octanol–water partition coefficient (Wildman–Crippen LogP) is 2.49. The van der Waals surface area contributed by atoms with Crippen LogP contribution in [0.5, 0.6) is 0 Å². The van der Waals surface area contributed by atoms with Crippen molar-refractivity contribution in [3.8, 4) is 0 Å². The van der Waals surface area contributed by atoms with E-state index in [9.17, 15) is 13.2 Å². The van der Waals surface area contributed by atoms with Crippen LogP contribution in [0.1, 0.15) is 61.9 Å². The summed E-state index contributed by atoms with van der Waals surface area (Å²) in [7, 11) is -2.91. The molecule has 2 N–H and O–H groups in total. The molecule has 144 valence electrons. The zero-order valence-electron chi connectivity index (χ0n) is 15.9. The lowest BCUT2D eigenvalue weighted by atomic mass is 9.97. The van der Waals surface area contributed by atoms with Gasteiger partial charge in [-0.3, -0.25) is 4.79 Å². The molecule has 1 saturated carbocycles. The summed E-state index contributed by atoms with van der Waals surface area (Å²) in [4.78, 5) is 12.5. The highest BCUT2D eigenvalue weighted by atomic mass is 32.2. The molecule has 0 bridgehead atoms. The van der Waals surface area contributed by atoms with Gasteiger partial charge in [-0.25, -0.2) is 8.42 Å². The summed E-state index contributed by atoms with van der Waals surface area (Å²) in [6.45, 7) is 7.65. The SMILES string of the molecule is CC(C)(C)CN[C@@H]1C[C@H]1c1cccc(C(=O)NC2CCS(=O)(=O)CC2)c1. The molecule has 1 aliphatic carbocycles. The third kappa shape index (κ3) is 5.30. The Balaban J connectivity index is 1.55. The second-order valence-electron chi connectivity index (χ2n) is 8.92. The maximum atomic E-state index is 12.5. The Labute approximate surface area is 156 Å². The molecule has 1 aliphatic heterocycles. The van der Waals surface area contributed by atoms with Crippen molar-refractivity contribution in [1.29, 1.82) is 0 Å². The Hall–Kier alpha value is -1.40. The fraction of sp³-hybridized carbons (Fsp3) is 0.650. The lowest BCUT2D eigenvalue weighted by molar-refractivity contribution is 0.0934. The minimum absolute atomic E-state index is 0.0446. The molecule has 1 heterocycles. The molecule has 3 rings (SSSR count). The van der Waals surface area contributed by atoms with E-state index in [0.717, 1.165) is 13.0 Å². The standard InChI is InChI=1S/C20H30N2O3S/c1-20(2,3)13-21-18-12-17(18)14-5-4-6-15(11-14)19(23)22-16-7-9-26(24,25)10-8-16/h4-6,11,16-18,21H,7-10,12-13H2,1-3H3,(H,22,23)/t17-,18+/m0/s1. The van der Waals surface area contributed by atoms with Gasteiger partial charge in [0.05, 0.1) is 11.5 Å². The number of rotatable bonds is 5. The first-order valence-corrected chi connectivity index (χ1v) is 11.3. The summed E-state index contributed by atoms with van der Waals surface area (Å²) < 4.78 is 23.0. The monoisotopic (exact) mass is 378 g/mol. The molecular formula is C20H30N2O3S. The van der Waals surface area contributed by atoms with Gasteiger partial charge in [-0.2, -0.15) is 0 Å². The number of sulfone groups is 1. The van der Waals surface area contributed by atoms with Gasteiger partial charge in [0.1, 0.15) is 9.84 Å². The Kier molecular flexibility index (Phi) is 5.45. The number of carbonyl (C=O) groups is 1. The Morgan fingerprint density at radius 1 is 1.19 bits per heavy atom. The normalized spacial score (nSPS) is 25.7. The first-order chi connectivity index (χ1) is 12.1. The van der Waals surface area contributed by atoms with Crippen LogP contribution in [0.3, 0.4) is 0 Å². The Bertz CT molecular complexity index is 754. The van der Waals surface area contributed by atoms with Gasteiger partial charge >= 0.3 is 0 Å². The Morgan fingerprint density at radius 2 is 1.88 bits per heavy atom. The minimum Gasteiger partial charge on any atom is -0.349 e. The molecule has 1 saturated heterocycles. The molecule has 26 heavy (non-hydrogen) atoms. The van der Waals surface area contributed by atoms with Crippen molar-refractivity contribution in [2.45, 2.75) is 58.0 Å². The number of carbonyl (C=O) groups excluding carboxylic acids is 1. The molecule has 1 amide bonds. The third-order valence-corrected chi connectivity index (χ3v) is 6.87. The van der Waals surface area contributed by atoms with Crippen molar-refractivity contribution in [3.63, 3.8) is 0 Å². The number of amides is 1. The smallest absolute Gasteiger partial charge is 0.251 e. The zero-order valence-corrected chi connectivity index (χ0v) is 16.7. The van der Waals surface area contributed by atoms with Crippen LogP contribution in [0.25, 0.3) is 0 Å². The molecule has 1 aromatic carbocycles. The largest absolute Gasteiger partial charge is 0.349 e. The first kappa shape index (κ1) is 19.4. The first-order valence-electron chi connectivity index (χ1n) is 9.48. The van der Waals surface area contributed by atoms with Gasteiger partial charge in [-0.05, 0) is 42.4 Å². The van der Waals surface area contributed by atoms with Gasteiger partial charge in [0.15, 0.2) is 0 Å². The third-order valence-electron chi connectivity index (χ3n) is 5.15. The molecule has 2 aliphatic rings. The van der Waals surface area contributed by atoms with Gasteiger partial charge < -0.3 is 10.6 Å². The number of nitrogens with one attached hydrogen (secondary N) is 2. The topological polar surface area (TPSA) is 75.3 Å². The molecule has 0 spiro atoms. The maximum Gasteiger partial charge on any atom is 0.251 e. The van der Waals surface area contributed by atoms with Crippen LogP contribution in [-0.4, -0.2) is 44.5 Å². The van der Waals surface area contributed by atoms with E-state index < -0.39 is 9.84 Å². The molecule has 2 atom stereocenters. The van der Waals surface area contributed by atoms with Gasteiger partial charge in [-0.1, -0.05) is 32.9 Å². The van der Waals surface area contributed by atoms with E-state index in [0.29, 0.717) is 30.4 Å². The van der Waals surface area contributed by atoms with Crippen molar-refractivity contribution < 1.29 is 13.2 Å². The quantitative estimate of drug-likeness (QED) is 0.825. The minimum atomic E-state index is -2.91. The van der Waals surface area contributed by atoms with Gasteiger partial charge in [0.25, 0.3) is 5.91 Å². The van der Waals surface area contributed by atoms with E-state index in [1.807, 2.05) is 18.2 Å². The highest BCUT2D eigenvalue weighted by Gasteiger charge is 2.38. The predicted molar refractivity (Wildman–Crippen MR) is 104 cm³/mol. The summed E-state index contributed by atoms with van der Waals surface area (Å²) in [6.07, 6.45) is 2.13. The van der Waals surface area contributed by atoms with Crippen LogP contribution in [0, 0.1) is 5.41 Å². The molecule has 0 radical (unpaired) electrons. The van der Waals surface area contributed by atoms with E-state index in [4.69, 9.17) is 0 Å². The average molecular weight is 379 g/mol. The van der Waals surface area contributed by atoms with E-state index in [1.54, 1.807) is 0 Å². The molecule has 5 nitrogen and oxygen atoms in total. The molecule has 6 heteroatoms. The second kappa shape index (κ2) is 7.31. The summed E-state index contributed by atoms with van der Waals surface area (Å²) in [5, 5.41) is 6.61. The lowest BCUT2D eigenvalue weighted by Gasteiger charge is -2.23.